The van der Waals surface area contributed by atoms with Crippen LogP contribution in [0.4, 0.5) is 10.3 Å². The predicted octanol–water partition coefficient (Wildman–Crippen LogP) is 3.21. The molecule has 1 heterocycles. The van der Waals surface area contributed by atoms with Crippen LogP contribution in [0.3, 0.4) is 0 Å². The van der Waals surface area contributed by atoms with E-state index in [0.29, 0.717) is 29.5 Å². The number of aromatic nitrogens is 3. The fourth-order valence-electron chi connectivity index (χ4n) is 1.73. The molecule has 0 fully saturated rings. The summed E-state index contributed by atoms with van der Waals surface area (Å²) in [5, 5.41) is 3.09. The molecule has 0 radical (unpaired) electrons. The van der Waals surface area contributed by atoms with Crippen LogP contribution in [0.2, 0.25) is 0 Å². The van der Waals surface area contributed by atoms with Crippen LogP contribution < -0.4 is 10.1 Å². The number of ether oxygens (including phenoxy) is 1. The van der Waals surface area contributed by atoms with Crippen LogP contribution in [0.5, 0.6) is 6.01 Å². The zero-order valence-electron chi connectivity index (χ0n) is 12.5. The van der Waals surface area contributed by atoms with Crippen LogP contribution in [-0.2, 0) is 0 Å². The average Bonchev–Trinajstić information content (AvgIpc) is 2.48. The first-order chi connectivity index (χ1) is 10.1. The first kappa shape index (κ1) is 15.2. The highest BCUT2D eigenvalue weighted by atomic mass is 19.1. The maximum absolute atomic E-state index is 13.7. The number of rotatable bonds is 6. The number of halogens is 1. The lowest BCUT2D eigenvalue weighted by Gasteiger charge is -2.09. The van der Waals surface area contributed by atoms with Gasteiger partial charge in [-0.05, 0) is 31.9 Å². The van der Waals surface area contributed by atoms with E-state index in [1.807, 2.05) is 13.8 Å². The quantitative estimate of drug-likeness (QED) is 0.885. The first-order valence-electron chi connectivity index (χ1n) is 7.03. The largest absolute Gasteiger partial charge is 0.464 e. The van der Waals surface area contributed by atoms with Gasteiger partial charge in [0.2, 0.25) is 5.95 Å². The molecule has 0 aliphatic heterocycles. The summed E-state index contributed by atoms with van der Waals surface area (Å²) in [5.41, 5.74) is 1.18. The second-order valence-electron chi connectivity index (χ2n) is 4.59. The summed E-state index contributed by atoms with van der Waals surface area (Å²) in [6, 6.07) is 5.15. The van der Waals surface area contributed by atoms with Crippen molar-refractivity contribution in [1.82, 2.24) is 15.0 Å². The third kappa shape index (κ3) is 3.87. The van der Waals surface area contributed by atoms with E-state index in [1.165, 1.54) is 6.07 Å². The van der Waals surface area contributed by atoms with E-state index >= 15 is 0 Å². The summed E-state index contributed by atoms with van der Waals surface area (Å²) in [6.07, 6.45) is 0.949. The van der Waals surface area contributed by atoms with Gasteiger partial charge in [-0.1, -0.05) is 19.1 Å². The van der Waals surface area contributed by atoms with Gasteiger partial charge in [-0.2, -0.15) is 15.0 Å². The third-order valence-corrected chi connectivity index (χ3v) is 2.85. The molecule has 5 nitrogen and oxygen atoms in total. The zero-order valence-corrected chi connectivity index (χ0v) is 12.5. The summed E-state index contributed by atoms with van der Waals surface area (Å²) in [7, 11) is 0. The van der Waals surface area contributed by atoms with Gasteiger partial charge in [0.15, 0.2) is 5.82 Å². The van der Waals surface area contributed by atoms with Gasteiger partial charge < -0.3 is 10.1 Å². The summed E-state index contributed by atoms with van der Waals surface area (Å²) < 4.78 is 19.0. The van der Waals surface area contributed by atoms with Gasteiger partial charge in [-0.25, -0.2) is 4.39 Å². The molecule has 0 spiro atoms. The number of anilines is 1. The molecule has 0 atom stereocenters. The Bertz CT molecular complexity index is 619. The average molecular weight is 290 g/mol. The smallest absolute Gasteiger partial charge is 0.321 e. The lowest BCUT2D eigenvalue weighted by Crippen LogP contribution is -2.08. The molecule has 0 saturated carbocycles. The third-order valence-electron chi connectivity index (χ3n) is 2.85. The minimum atomic E-state index is -0.283. The normalized spacial score (nSPS) is 10.5. The lowest BCUT2D eigenvalue weighted by atomic mass is 10.1. The van der Waals surface area contributed by atoms with E-state index in [9.17, 15) is 4.39 Å². The molecule has 2 rings (SSSR count). The fourth-order valence-corrected chi connectivity index (χ4v) is 1.73. The van der Waals surface area contributed by atoms with Crippen molar-refractivity contribution in [2.75, 3.05) is 18.5 Å². The Kier molecular flexibility index (Phi) is 5.03. The Balaban J connectivity index is 2.40. The highest BCUT2D eigenvalue weighted by Crippen LogP contribution is 2.21. The molecule has 21 heavy (non-hydrogen) atoms. The predicted molar refractivity (Wildman–Crippen MR) is 79.9 cm³/mol. The fraction of sp³-hybridized carbons (Fsp3) is 0.400. The van der Waals surface area contributed by atoms with Gasteiger partial charge >= 0.3 is 6.01 Å². The van der Waals surface area contributed by atoms with Gasteiger partial charge in [0.25, 0.3) is 0 Å². The van der Waals surface area contributed by atoms with Gasteiger partial charge in [0, 0.05) is 12.1 Å². The number of benzene rings is 1. The zero-order chi connectivity index (χ0) is 15.2. The van der Waals surface area contributed by atoms with Crippen molar-refractivity contribution in [2.24, 2.45) is 0 Å². The van der Waals surface area contributed by atoms with Crippen LogP contribution >= 0.6 is 0 Å². The van der Waals surface area contributed by atoms with E-state index in [1.54, 1.807) is 19.1 Å². The molecule has 0 bridgehead atoms. The summed E-state index contributed by atoms with van der Waals surface area (Å²) in [4.78, 5) is 12.7. The molecule has 0 saturated heterocycles. The molecule has 1 aromatic heterocycles. The molecular weight excluding hydrogens is 271 g/mol. The lowest BCUT2D eigenvalue weighted by molar-refractivity contribution is 0.312. The molecule has 0 amide bonds. The maximum atomic E-state index is 13.7. The Labute approximate surface area is 123 Å². The summed E-state index contributed by atoms with van der Waals surface area (Å²) in [6.45, 7) is 6.82. The number of hydrogen-bond donors (Lipinski definition) is 1. The van der Waals surface area contributed by atoms with Crippen LogP contribution in [0.15, 0.2) is 18.2 Å². The monoisotopic (exact) mass is 290 g/mol. The van der Waals surface area contributed by atoms with E-state index < -0.39 is 0 Å². The Morgan fingerprint density at radius 1 is 1.19 bits per heavy atom. The van der Waals surface area contributed by atoms with Crippen molar-refractivity contribution in [3.63, 3.8) is 0 Å². The minimum absolute atomic E-state index is 0.238. The molecule has 0 aliphatic carbocycles. The summed E-state index contributed by atoms with van der Waals surface area (Å²) >= 11 is 0. The first-order valence-corrected chi connectivity index (χ1v) is 7.03. The minimum Gasteiger partial charge on any atom is -0.464 e. The van der Waals surface area contributed by atoms with Crippen molar-refractivity contribution < 1.29 is 9.13 Å². The maximum Gasteiger partial charge on any atom is 0.321 e. The molecule has 112 valence electrons. The highest BCUT2D eigenvalue weighted by Gasteiger charge is 2.10. The van der Waals surface area contributed by atoms with Crippen LogP contribution in [0, 0.1) is 12.7 Å². The molecule has 1 aromatic carbocycles. The number of aryl methyl sites for hydroxylation is 1. The molecule has 0 unspecified atom stereocenters. The van der Waals surface area contributed by atoms with Crippen LogP contribution in [0.1, 0.15) is 25.8 Å². The Morgan fingerprint density at radius 2 is 2.00 bits per heavy atom. The summed E-state index contributed by atoms with van der Waals surface area (Å²) in [5.74, 6) is 0.547. The topological polar surface area (TPSA) is 59.9 Å². The van der Waals surface area contributed by atoms with Crippen molar-refractivity contribution >= 4 is 5.95 Å². The highest BCUT2D eigenvalue weighted by molar-refractivity contribution is 5.57. The van der Waals surface area contributed by atoms with Crippen LogP contribution in [0.25, 0.3) is 11.4 Å². The van der Waals surface area contributed by atoms with Gasteiger partial charge in [-0.15, -0.1) is 0 Å². The Hall–Kier alpha value is -2.24. The van der Waals surface area contributed by atoms with Gasteiger partial charge in [0.1, 0.15) is 5.82 Å². The molecule has 2 aromatic rings. The molecule has 0 aliphatic rings. The van der Waals surface area contributed by atoms with E-state index in [4.69, 9.17) is 4.74 Å². The molecular formula is C15H19FN4O. The van der Waals surface area contributed by atoms with E-state index in [0.717, 1.165) is 13.0 Å². The second kappa shape index (κ2) is 6.97. The van der Waals surface area contributed by atoms with Gasteiger partial charge in [0.05, 0.1) is 6.61 Å². The van der Waals surface area contributed by atoms with Crippen molar-refractivity contribution in [3.8, 4) is 17.4 Å². The molecule has 1 N–H and O–H groups in total. The van der Waals surface area contributed by atoms with Crippen molar-refractivity contribution in [2.45, 2.75) is 27.2 Å². The van der Waals surface area contributed by atoms with Crippen molar-refractivity contribution in [1.29, 1.82) is 0 Å². The van der Waals surface area contributed by atoms with Crippen molar-refractivity contribution in [3.05, 3.63) is 29.6 Å². The van der Waals surface area contributed by atoms with E-state index in [2.05, 4.69) is 20.3 Å². The molecule has 6 heteroatoms. The second-order valence-corrected chi connectivity index (χ2v) is 4.59. The van der Waals surface area contributed by atoms with Crippen LogP contribution in [-0.4, -0.2) is 28.1 Å². The van der Waals surface area contributed by atoms with E-state index in [-0.39, 0.29) is 11.8 Å². The number of hydrogen-bond acceptors (Lipinski definition) is 5. The number of nitrogens with zero attached hydrogens (tertiary/aromatic N) is 3. The van der Waals surface area contributed by atoms with Gasteiger partial charge in [-0.3, -0.25) is 0 Å². The Morgan fingerprint density at radius 3 is 2.67 bits per heavy atom. The standard InChI is InChI=1S/C15H19FN4O/c1-4-8-17-14-18-13(19-15(20-14)21-5-2)11-7-6-10(3)12(16)9-11/h6-7,9H,4-5,8H2,1-3H3,(H,17,18,19,20). The number of nitrogens with one attached hydrogen (secondary N) is 1. The SMILES string of the molecule is CCCNc1nc(OCC)nc(-c2ccc(C)c(F)c2)n1.